The summed E-state index contributed by atoms with van der Waals surface area (Å²) in [6.07, 6.45) is 6.20. The highest BCUT2D eigenvalue weighted by Gasteiger charge is 2.22. The molecule has 0 radical (unpaired) electrons. The minimum Gasteiger partial charge on any atom is -0.481 e. The molecule has 4 nitrogen and oxygen atoms in total. The monoisotopic (exact) mass is 194 g/mol. The second-order valence-electron chi connectivity index (χ2n) is 3.82. The van der Waals surface area contributed by atoms with E-state index in [0.717, 1.165) is 11.5 Å². The Morgan fingerprint density at radius 2 is 2.43 bits per heavy atom. The molecule has 4 heteroatoms. The molecular weight excluding hydrogens is 180 g/mol. The van der Waals surface area contributed by atoms with Gasteiger partial charge in [0.1, 0.15) is 5.82 Å². The quantitative estimate of drug-likeness (QED) is 0.766. The van der Waals surface area contributed by atoms with E-state index in [4.69, 9.17) is 5.11 Å². The van der Waals surface area contributed by atoms with Gasteiger partial charge in [0.25, 0.3) is 0 Å². The largest absolute Gasteiger partial charge is 0.481 e. The van der Waals surface area contributed by atoms with E-state index in [2.05, 4.69) is 9.97 Å². The zero-order valence-electron chi connectivity index (χ0n) is 7.99. The van der Waals surface area contributed by atoms with Crippen molar-refractivity contribution in [3.63, 3.8) is 0 Å². The van der Waals surface area contributed by atoms with E-state index in [1.54, 1.807) is 6.20 Å². The lowest BCUT2D eigenvalue weighted by atomic mass is 9.85. The number of nitrogens with one attached hydrogen (secondary N) is 1. The Morgan fingerprint density at radius 3 is 3.00 bits per heavy atom. The summed E-state index contributed by atoms with van der Waals surface area (Å²) in [5.74, 6) is 0.870. The van der Waals surface area contributed by atoms with Crippen LogP contribution in [0.5, 0.6) is 0 Å². The average molecular weight is 194 g/mol. The highest BCUT2D eigenvalue weighted by Crippen LogP contribution is 2.34. The number of aromatic nitrogens is 2. The summed E-state index contributed by atoms with van der Waals surface area (Å²) in [6.45, 7) is 0. The molecule has 0 spiro atoms. The summed E-state index contributed by atoms with van der Waals surface area (Å²) < 4.78 is 0. The standard InChI is InChI=1S/C10H14N2O2/c13-9(14)5-4-8-6-11-10(12-8)7-2-1-3-7/h6-7H,1-5H2,(H,11,12)(H,13,14). The van der Waals surface area contributed by atoms with E-state index >= 15 is 0 Å². The Hall–Kier alpha value is -1.32. The zero-order valence-corrected chi connectivity index (χ0v) is 7.99. The fourth-order valence-corrected chi connectivity index (χ4v) is 1.63. The Kier molecular flexibility index (Phi) is 2.52. The summed E-state index contributed by atoms with van der Waals surface area (Å²) in [5.41, 5.74) is 0.939. The molecule has 0 amide bonds. The van der Waals surface area contributed by atoms with Gasteiger partial charge in [-0.2, -0.15) is 0 Å². The van der Waals surface area contributed by atoms with Gasteiger partial charge in [0.05, 0.1) is 6.42 Å². The third-order valence-electron chi connectivity index (χ3n) is 2.75. The summed E-state index contributed by atoms with van der Waals surface area (Å²) >= 11 is 0. The molecule has 1 aromatic rings. The maximum atomic E-state index is 10.3. The van der Waals surface area contributed by atoms with E-state index in [0.29, 0.717) is 12.3 Å². The molecule has 0 saturated heterocycles. The minimum atomic E-state index is -0.759. The van der Waals surface area contributed by atoms with Gasteiger partial charge in [-0.25, -0.2) is 4.98 Å². The van der Waals surface area contributed by atoms with Crippen molar-refractivity contribution in [2.45, 2.75) is 38.0 Å². The number of carbonyl (C=O) groups is 1. The number of aliphatic carboxylic acids is 1. The first-order valence-electron chi connectivity index (χ1n) is 5.01. The van der Waals surface area contributed by atoms with Gasteiger partial charge >= 0.3 is 5.97 Å². The van der Waals surface area contributed by atoms with Crippen LogP contribution in [0, 0.1) is 0 Å². The number of carboxylic acids is 1. The molecule has 1 heterocycles. The molecule has 1 fully saturated rings. The van der Waals surface area contributed by atoms with Crippen molar-refractivity contribution in [2.75, 3.05) is 0 Å². The molecule has 0 atom stereocenters. The second kappa shape index (κ2) is 3.82. The fourth-order valence-electron chi connectivity index (χ4n) is 1.63. The van der Waals surface area contributed by atoms with Gasteiger partial charge in [-0.3, -0.25) is 4.79 Å². The van der Waals surface area contributed by atoms with Crippen LogP contribution >= 0.6 is 0 Å². The Bertz CT molecular complexity index is 329. The molecule has 2 N–H and O–H groups in total. The molecule has 1 aliphatic rings. The van der Waals surface area contributed by atoms with Crippen LogP contribution in [0.2, 0.25) is 0 Å². The molecule has 0 bridgehead atoms. The van der Waals surface area contributed by atoms with Crippen molar-refractivity contribution in [3.05, 3.63) is 17.7 Å². The first-order chi connectivity index (χ1) is 6.75. The highest BCUT2D eigenvalue weighted by atomic mass is 16.4. The lowest BCUT2D eigenvalue weighted by molar-refractivity contribution is -0.136. The first kappa shape index (κ1) is 9.24. The Balaban J connectivity index is 1.92. The third-order valence-corrected chi connectivity index (χ3v) is 2.75. The average Bonchev–Trinajstić information content (AvgIpc) is 2.46. The number of hydrogen-bond acceptors (Lipinski definition) is 2. The molecule has 1 aliphatic carbocycles. The van der Waals surface area contributed by atoms with Crippen LogP contribution in [0.3, 0.4) is 0 Å². The van der Waals surface area contributed by atoms with Gasteiger partial charge in [-0.05, 0) is 19.3 Å². The van der Waals surface area contributed by atoms with Crippen molar-refractivity contribution < 1.29 is 9.90 Å². The first-order valence-corrected chi connectivity index (χ1v) is 5.01. The van der Waals surface area contributed by atoms with Crippen molar-refractivity contribution in [2.24, 2.45) is 0 Å². The molecule has 0 aliphatic heterocycles. The van der Waals surface area contributed by atoms with E-state index in [9.17, 15) is 4.79 Å². The minimum absolute atomic E-state index is 0.173. The lowest BCUT2D eigenvalue weighted by Crippen LogP contribution is -2.10. The predicted molar refractivity (Wildman–Crippen MR) is 51.1 cm³/mol. The molecule has 0 aromatic carbocycles. The van der Waals surface area contributed by atoms with E-state index in [-0.39, 0.29) is 6.42 Å². The van der Waals surface area contributed by atoms with Crippen LogP contribution in [0.4, 0.5) is 0 Å². The van der Waals surface area contributed by atoms with Crippen LogP contribution in [-0.4, -0.2) is 21.0 Å². The molecule has 2 rings (SSSR count). The fraction of sp³-hybridized carbons (Fsp3) is 0.600. The molecule has 1 aromatic heterocycles. The van der Waals surface area contributed by atoms with Crippen LogP contribution in [0.25, 0.3) is 0 Å². The molecule has 0 unspecified atom stereocenters. The number of nitrogens with zero attached hydrogens (tertiary/aromatic N) is 1. The Labute approximate surface area is 82.4 Å². The zero-order chi connectivity index (χ0) is 9.97. The maximum Gasteiger partial charge on any atom is 0.303 e. The van der Waals surface area contributed by atoms with Crippen LogP contribution in [0.1, 0.15) is 43.1 Å². The van der Waals surface area contributed by atoms with Crippen LogP contribution < -0.4 is 0 Å². The number of hydrogen-bond donors (Lipinski definition) is 2. The summed E-state index contributed by atoms with van der Waals surface area (Å²) in [6, 6.07) is 0. The van der Waals surface area contributed by atoms with Crippen LogP contribution in [0.15, 0.2) is 6.20 Å². The molecule has 14 heavy (non-hydrogen) atoms. The maximum absolute atomic E-state index is 10.3. The van der Waals surface area contributed by atoms with Crippen molar-refractivity contribution >= 4 is 5.97 Å². The van der Waals surface area contributed by atoms with Gasteiger partial charge in [-0.1, -0.05) is 6.42 Å². The smallest absolute Gasteiger partial charge is 0.303 e. The number of aromatic amines is 1. The van der Waals surface area contributed by atoms with E-state index in [1.807, 2.05) is 0 Å². The summed E-state index contributed by atoms with van der Waals surface area (Å²) in [5, 5.41) is 8.51. The van der Waals surface area contributed by atoms with Gasteiger partial charge in [0.15, 0.2) is 0 Å². The van der Waals surface area contributed by atoms with Gasteiger partial charge < -0.3 is 10.1 Å². The topological polar surface area (TPSA) is 66.0 Å². The van der Waals surface area contributed by atoms with Gasteiger partial charge in [0.2, 0.25) is 0 Å². The molecule has 1 saturated carbocycles. The third kappa shape index (κ3) is 1.95. The lowest BCUT2D eigenvalue weighted by Gasteiger charge is -2.22. The summed E-state index contributed by atoms with van der Waals surface area (Å²) in [4.78, 5) is 17.8. The SMILES string of the molecule is O=C(O)CCc1cnc(C2CCC2)[nH]1. The van der Waals surface area contributed by atoms with Gasteiger partial charge in [0, 0.05) is 17.8 Å². The number of carboxylic acid groups (broad SMARTS) is 1. The highest BCUT2D eigenvalue weighted by molar-refractivity contribution is 5.66. The normalized spacial score (nSPS) is 16.6. The van der Waals surface area contributed by atoms with Crippen molar-refractivity contribution in [1.29, 1.82) is 0 Å². The number of H-pyrrole nitrogens is 1. The number of imidazole rings is 1. The van der Waals surface area contributed by atoms with Gasteiger partial charge in [-0.15, -0.1) is 0 Å². The van der Waals surface area contributed by atoms with Crippen molar-refractivity contribution in [1.82, 2.24) is 9.97 Å². The van der Waals surface area contributed by atoms with E-state index in [1.165, 1.54) is 19.3 Å². The number of rotatable bonds is 4. The van der Waals surface area contributed by atoms with Crippen LogP contribution in [-0.2, 0) is 11.2 Å². The van der Waals surface area contributed by atoms with E-state index < -0.39 is 5.97 Å². The number of aryl methyl sites for hydroxylation is 1. The Morgan fingerprint density at radius 1 is 1.64 bits per heavy atom. The molecule has 76 valence electrons. The molecular formula is C10H14N2O2. The predicted octanol–water partition coefficient (Wildman–Crippen LogP) is 1.69. The van der Waals surface area contributed by atoms with Crippen molar-refractivity contribution in [3.8, 4) is 0 Å². The second-order valence-corrected chi connectivity index (χ2v) is 3.82. The summed E-state index contributed by atoms with van der Waals surface area (Å²) in [7, 11) is 0.